The largest absolute Gasteiger partial charge is 0.349 e. The van der Waals surface area contributed by atoms with E-state index in [9.17, 15) is 4.79 Å². The minimum Gasteiger partial charge on any atom is -0.349 e. The molecule has 1 N–H and O–H groups in total. The van der Waals surface area contributed by atoms with Crippen LogP contribution in [-0.2, 0) is 4.79 Å². The van der Waals surface area contributed by atoms with Gasteiger partial charge in [0, 0.05) is 5.02 Å². The highest BCUT2D eigenvalue weighted by Gasteiger charge is 2.26. The van der Waals surface area contributed by atoms with E-state index in [0.717, 1.165) is 5.56 Å². The third-order valence-corrected chi connectivity index (χ3v) is 2.21. The first-order chi connectivity index (χ1) is 5.75. The van der Waals surface area contributed by atoms with Crippen LogP contribution in [0.1, 0.15) is 18.0 Å². The van der Waals surface area contributed by atoms with Gasteiger partial charge in [-0.2, -0.15) is 0 Å². The monoisotopic (exact) mass is 181 g/mol. The molecule has 1 saturated heterocycles. The van der Waals surface area contributed by atoms with Crippen LogP contribution in [0, 0.1) is 0 Å². The fourth-order valence-corrected chi connectivity index (χ4v) is 1.48. The van der Waals surface area contributed by atoms with E-state index in [2.05, 4.69) is 5.32 Å². The smallest absolute Gasteiger partial charge is 0.222 e. The molecule has 1 aromatic rings. The summed E-state index contributed by atoms with van der Waals surface area (Å²) in [5.74, 6) is 0.111. The minimum atomic E-state index is 0.111. The Labute approximate surface area is 75.5 Å². The van der Waals surface area contributed by atoms with E-state index in [0.29, 0.717) is 11.4 Å². The van der Waals surface area contributed by atoms with Crippen molar-refractivity contribution in [1.82, 2.24) is 5.32 Å². The molecule has 0 unspecified atom stereocenters. The Balaban J connectivity index is 2.18. The maximum absolute atomic E-state index is 10.6. The number of carbonyl (C=O) groups is 1. The molecule has 0 aromatic heterocycles. The summed E-state index contributed by atoms with van der Waals surface area (Å²) in [5, 5.41) is 3.51. The molecule has 1 atom stereocenters. The highest BCUT2D eigenvalue weighted by atomic mass is 35.5. The third-order valence-electron chi connectivity index (χ3n) is 1.98. The number of amides is 1. The van der Waals surface area contributed by atoms with E-state index in [4.69, 9.17) is 11.6 Å². The zero-order valence-corrected chi connectivity index (χ0v) is 7.14. The second-order valence-electron chi connectivity index (χ2n) is 2.88. The second kappa shape index (κ2) is 2.79. The number of rotatable bonds is 1. The van der Waals surface area contributed by atoms with Gasteiger partial charge in [-0.15, -0.1) is 0 Å². The van der Waals surface area contributed by atoms with E-state index in [1.165, 1.54) is 0 Å². The zero-order valence-electron chi connectivity index (χ0n) is 6.38. The molecular formula is C9H8ClNO. The van der Waals surface area contributed by atoms with Gasteiger partial charge >= 0.3 is 0 Å². The first-order valence-electron chi connectivity index (χ1n) is 3.80. The van der Waals surface area contributed by atoms with Crippen LogP contribution >= 0.6 is 11.6 Å². The molecule has 1 aliphatic heterocycles. The SMILES string of the molecule is O=C1C[C@H](c2cccc(Cl)c2)N1. The van der Waals surface area contributed by atoms with E-state index >= 15 is 0 Å². The summed E-state index contributed by atoms with van der Waals surface area (Å²) < 4.78 is 0. The molecule has 0 saturated carbocycles. The fraction of sp³-hybridized carbons (Fsp3) is 0.222. The Morgan fingerprint density at radius 1 is 1.50 bits per heavy atom. The van der Waals surface area contributed by atoms with Crippen LogP contribution in [0.3, 0.4) is 0 Å². The molecule has 12 heavy (non-hydrogen) atoms. The van der Waals surface area contributed by atoms with Gasteiger partial charge in [0.05, 0.1) is 12.5 Å². The average Bonchev–Trinajstić information content (AvgIpc) is 1.99. The Kier molecular flexibility index (Phi) is 1.77. The van der Waals surface area contributed by atoms with Gasteiger partial charge in [0.2, 0.25) is 5.91 Å². The molecule has 1 amide bonds. The van der Waals surface area contributed by atoms with Crippen molar-refractivity contribution >= 4 is 17.5 Å². The second-order valence-corrected chi connectivity index (χ2v) is 3.32. The van der Waals surface area contributed by atoms with Crippen molar-refractivity contribution in [3.8, 4) is 0 Å². The summed E-state index contributed by atoms with van der Waals surface area (Å²) in [7, 11) is 0. The Bertz CT molecular complexity index is 316. The van der Waals surface area contributed by atoms with E-state index < -0.39 is 0 Å². The number of benzene rings is 1. The van der Waals surface area contributed by atoms with Crippen LogP contribution in [0.5, 0.6) is 0 Å². The summed E-state index contributed by atoms with van der Waals surface area (Å²) >= 11 is 5.79. The first-order valence-corrected chi connectivity index (χ1v) is 4.18. The molecule has 0 radical (unpaired) electrons. The lowest BCUT2D eigenvalue weighted by Crippen LogP contribution is -2.41. The van der Waals surface area contributed by atoms with Crippen molar-refractivity contribution in [2.24, 2.45) is 0 Å². The maximum Gasteiger partial charge on any atom is 0.222 e. The fourth-order valence-electron chi connectivity index (χ4n) is 1.28. The summed E-state index contributed by atoms with van der Waals surface area (Å²) in [4.78, 5) is 10.6. The first kappa shape index (κ1) is 7.62. The molecule has 1 fully saturated rings. The number of halogens is 1. The van der Waals surface area contributed by atoms with Crippen molar-refractivity contribution < 1.29 is 4.79 Å². The van der Waals surface area contributed by atoms with E-state index in [-0.39, 0.29) is 11.9 Å². The number of β-lactam (4-membered cyclic amide) rings is 1. The quantitative estimate of drug-likeness (QED) is 0.659. The number of nitrogens with one attached hydrogen (secondary N) is 1. The van der Waals surface area contributed by atoms with Gasteiger partial charge in [0.15, 0.2) is 0 Å². The van der Waals surface area contributed by atoms with Crippen LogP contribution < -0.4 is 5.32 Å². The van der Waals surface area contributed by atoms with Gasteiger partial charge in [0.1, 0.15) is 0 Å². The van der Waals surface area contributed by atoms with Crippen molar-refractivity contribution in [2.45, 2.75) is 12.5 Å². The summed E-state index contributed by atoms with van der Waals surface area (Å²) in [6.45, 7) is 0. The normalized spacial score (nSPS) is 21.4. The van der Waals surface area contributed by atoms with Crippen LogP contribution in [0.4, 0.5) is 0 Å². The Hall–Kier alpha value is -1.02. The van der Waals surface area contributed by atoms with Gasteiger partial charge in [-0.25, -0.2) is 0 Å². The maximum atomic E-state index is 10.6. The molecule has 1 heterocycles. The lowest BCUT2D eigenvalue weighted by molar-refractivity contribution is -0.128. The van der Waals surface area contributed by atoms with Gasteiger partial charge in [-0.05, 0) is 17.7 Å². The van der Waals surface area contributed by atoms with Crippen molar-refractivity contribution in [3.05, 3.63) is 34.9 Å². The lowest BCUT2D eigenvalue weighted by Gasteiger charge is -2.27. The molecule has 2 nitrogen and oxygen atoms in total. The minimum absolute atomic E-state index is 0.111. The summed E-state index contributed by atoms with van der Waals surface area (Å²) in [5.41, 5.74) is 1.09. The zero-order chi connectivity index (χ0) is 8.55. The number of carbonyl (C=O) groups excluding carboxylic acids is 1. The Morgan fingerprint density at radius 3 is 2.83 bits per heavy atom. The molecule has 1 aromatic carbocycles. The van der Waals surface area contributed by atoms with Crippen molar-refractivity contribution in [2.75, 3.05) is 0 Å². The summed E-state index contributed by atoms with van der Waals surface area (Å²) in [6.07, 6.45) is 0.584. The van der Waals surface area contributed by atoms with Crippen LogP contribution in [0.15, 0.2) is 24.3 Å². The van der Waals surface area contributed by atoms with Gasteiger partial charge in [0.25, 0.3) is 0 Å². The molecular weight excluding hydrogens is 174 g/mol. The van der Waals surface area contributed by atoms with E-state index in [1.54, 1.807) is 0 Å². The standard InChI is InChI=1S/C9H8ClNO/c10-7-3-1-2-6(4-7)8-5-9(12)11-8/h1-4,8H,5H2,(H,11,12)/t8-/m1/s1. The number of hydrogen-bond donors (Lipinski definition) is 1. The Morgan fingerprint density at radius 2 is 2.25 bits per heavy atom. The van der Waals surface area contributed by atoms with Crippen molar-refractivity contribution in [3.63, 3.8) is 0 Å². The van der Waals surface area contributed by atoms with Crippen LogP contribution in [-0.4, -0.2) is 5.91 Å². The molecule has 62 valence electrons. The highest BCUT2D eigenvalue weighted by Crippen LogP contribution is 2.25. The van der Waals surface area contributed by atoms with Gasteiger partial charge < -0.3 is 5.32 Å². The highest BCUT2D eigenvalue weighted by molar-refractivity contribution is 6.30. The third kappa shape index (κ3) is 1.30. The molecule has 0 aliphatic carbocycles. The predicted octanol–water partition coefficient (Wildman–Crippen LogP) is 1.90. The average molecular weight is 182 g/mol. The topological polar surface area (TPSA) is 29.1 Å². The lowest BCUT2D eigenvalue weighted by atomic mass is 9.97. The molecule has 2 rings (SSSR count). The molecule has 0 bridgehead atoms. The molecule has 3 heteroatoms. The molecule has 0 spiro atoms. The van der Waals surface area contributed by atoms with Crippen LogP contribution in [0.2, 0.25) is 5.02 Å². The van der Waals surface area contributed by atoms with Crippen LogP contribution in [0.25, 0.3) is 0 Å². The van der Waals surface area contributed by atoms with Gasteiger partial charge in [-0.1, -0.05) is 23.7 Å². The molecule has 1 aliphatic rings. The predicted molar refractivity (Wildman–Crippen MR) is 47.0 cm³/mol. The van der Waals surface area contributed by atoms with Gasteiger partial charge in [-0.3, -0.25) is 4.79 Å². The summed E-state index contributed by atoms with van der Waals surface area (Å²) in [6, 6.07) is 7.74. The number of hydrogen-bond acceptors (Lipinski definition) is 1. The van der Waals surface area contributed by atoms with E-state index in [1.807, 2.05) is 24.3 Å². The van der Waals surface area contributed by atoms with Crippen molar-refractivity contribution in [1.29, 1.82) is 0 Å².